The van der Waals surface area contributed by atoms with Crippen LogP contribution in [-0.2, 0) is 16.8 Å². The summed E-state index contributed by atoms with van der Waals surface area (Å²) in [6, 6.07) is 7.77. The highest BCUT2D eigenvalue weighted by Crippen LogP contribution is 2.49. The number of carbonyl (C=O) groups is 1. The van der Waals surface area contributed by atoms with Gasteiger partial charge in [0.2, 0.25) is 0 Å². The van der Waals surface area contributed by atoms with Crippen LogP contribution >= 0.6 is 11.6 Å². The molecule has 1 aliphatic carbocycles. The Labute approximate surface area is 146 Å². The molecule has 2 aromatic rings. The average molecular weight is 347 g/mol. The predicted molar refractivity (Wildman–Crippen MR) is 95.6 cm³/mol. The van der Waals surface area contributed by atoms with E-state index in [0.29, 0.717) is 18.8 Å². The van der Waals surface area contributed by atoms with Crippen molar-refractivity contribution in [2.24, 2.45) is 0 Å². The Balaban J connectivity index is 1.94. The fraction of sp³-hybridized carbons (Fsp3) is 0.526. The lowest BCUT2D eigenvalue weighted by atomic mass is 9.72. The monoisotopic (exact) mass is 346 g/mol. The molecule has 1 aromatic heterocycles. The van der Waals surface area contributed by atoms with Gasteiger partial charge in [0.25, 0.3) is 0 Å². The number of H-pyrrole nitrogens is 1. The lowest BCUT2D eigenvalue weighted by Gasteiger charge is -2.51. The number of hydrogen-bond donors (Lipinski definition) is 2. The molecule has 4 nitrogen and oxygen atoms in total. The van der Waals surface area contributed by atoms with Gasteiger partial charge < -0.3 is 10.1 Å². The average Bonchev–Trinajstić information content (AvgIpc) is 2.98. The Kier molecular flexibility index (Phi) is 4.05. The maximum absolute atomic E-state index is 12.0. The van der Waals surface area contributed by atoms with Crippen molar-refractivity contribution < 1.29 is 9.90 Å². The molecule has 2 N–H and O–H groups in total. The summed E-state index contributed by atoms with van der Waals surface area (Å²) in [6.07, 6.45) is 6.07. The van der Waals surface area contributed by atoms with Crippen LogP contribution < -0.4 is 0 Å². The van der Waals surface area contributed by atoms with Gasteiger partial charge in [-0.2, -0.15) is 0 Å². The fourth-order valence-electron chi connectivity index (χ4n) is 4.91. The first-order chi connectivity index (χ1) is 11.7. The minimum atomic E-state index is -0.735. The van der Waals surface area contributed by atoms with Crippen molar-refractivity contribution in [2.45, 2.75) is 50.1 Å². The molecule has 0 radical (unpaired) electrons. The molecule has 128 valence electrons. The number of rotatable bonds is 3. The number of fused-ring (bicyclic) bond motifs is 4. The lowest BCUT2D eigenvalue weighted by Crippen LogP contribution is -2.59. The van der Waals surface area contributed by atoms with E-state index in [-0.39, 0.29) is 5.54 Å². The minimum Gasteiger partial charge on any atom is -0.480 e. The van der Waals surface area contributed by atoms with Crippen LogP contribution in [0.5, 0.6) is 0 Å². The largest absolute Gasteiger partial charge is 0.480 e. The Hall–Kier alpha value is -1.52. The first kappa shape index (κ1) is 16.0. The summed E-state index contributed by atoms with van der Waals surface area (Å²) in [5.41, 5.74) is 3.35. The van der Waals surface area contributed by atoms with E-state index in [1.165, 1.54) is 23.1 Å². The summed E-state index contributed by atoms with van der Waals surface area (Å²) >= 11 is 6.07. The molecule has 0 amide bonds. The number of carboxylic acid groups (broad SMARTS) is 1. The number of para-hydroxylation sites is 1. The third-order valence-corrected chi connectivity index (χ3v) is 6.06. The highest BCUT2D eigenvalue weighted by atomic mass is 35.5. The van der Waals surface area contributed by atoms with Gasteiger partial charge in [0.1, 0.15) is 6.04 Å². The number of alkyl halides is 1. The number of nitrogens with one attached hydrogen (secondary N) is 1. The maximum Gasteiger partial charge on any atom is 0.321 e. The van der Waals surface area contributed by atoms with Crippen molar-refractivity contribution in [3.05, 3.63) is 35.5 Å². The molecule has 4 rings (SSSR count). The smallest absolute Gasteiger partial charge is 0.321 e. The van der Waals surface area contributed by atoms with Crippen molar-refractivity contribution in [3.8, 4) is 0 Å². The van der Waals surface area contributed by atoms with E-state index in [1.807, 2.05) is 12.1 Å². The van der Waals surface area contributed by atoms with Crippen molar-refractivity contribution >= 4 is 28.5 Å². The second-order valence-corrected chi connectivity index (χ2v) is 7.43. The van der Waals surface area contributed by atoms with Crippen LogP contribution in [-0.4, -0.2) is 39.4 Å². The zero-order valence-electron chi connectivity index (χ0n) is 13.7. The molecule has 1 unspecified atom stereocenters. The summed E-state index contributed by atoms with van der Waals surface area (Å²) in [7, 11) is 0. The zero-order valence-corrected chi connectivity index (χ0v) is 14.5. The van der Waals surface area contributed by atoms with Crippen LogP contribution in [0.25, 0.3) is 10.9 Å². The molecule has 1 saturated carbocycles. The molecular formula is C19H23ClN2O2. The Bertz CT molecular complexity index is 764. The second-order valence-electron chi connectivity index (χ2n) is 7.06. The van der Waals surface area contributed by atoms with Crippen LogP contribution in [0.2, 0.25) is 0 Å². The van der Waals surface area contributed by atoms with Crippen molar-refractivity contribution in [1.82, 2.24) is 9.88 Å². The summed E-state index contributed by atoms with van der Waals surface area (Å²) in [4.78, 5) is 17.9. The number of hydrogen-bond acceptors (Lipinski definition) is 2. The highest BCUT2D eigenvalue weighted by molar-refractivity contribution is 6.18. The Morgan fingerprint density at radius 3 is 2.75 bits per heavy atom. The lowest BCUT2D eigenvalue weighted by molar-refractivity contribution is -0.148. The van der Waals surface area contributed by atoms with Crippen LogP contribution in [0.15, 0.2) is 24.3 Å². The minimum absolute atomic E-state index is 0.206. The standard InChI is InChI=1S/C19H23ClN2O2/c20-10-11-22-16(18(23)24)12-14-13-6-2-3-7-15(13)21-17(14)19(22)8-4-1-5-9-19/h2-3,6-7,16,21H,1,4-5,8-12H2,(H,23,24). The van der Waals surface area contributed by atoms with Gasteiger partial charge in [0.05, 0.1) is 5.54 Å². The van der Waals surface area contributed by atoms with Gasteiger partial charge in [0, 0.05) is 35.4 Å². The van der Waals surface area contributed by atoms with Crippen molar-refractivity contribution in [1.29, 1.82) is 0 Å². The number of aliphatic carboxylic acids is 1. The van der Waals surface area contributed by atoms with E-state index in [0.717, 1.165) is 31.2 Å². The molecule has 1 aliphatic heterocycles. The number of benzene rings is 1. The van der Waals surface area contributed by atoms with Gasteiger partial charge >= 0.3 is 5.97 Å². The molecule has 2 heterocycles. The predicted octanol–water partition coefficient (Wildman–Crippen LogP) is 3.88. The first-order valence-corrected chi connectivity index (χ1v) is 9.36. The van der Waals surface area contributed by atoms with Crippen molar-refractivity contribution in [2.75, 3.05) is 12.4 Å². The molecule has 1 atom stereocenters. The van der Waals surface area contributed by atoms with Gasteiger partial charge in [0.15, 0.2) is 0 Å². The molecule has 1 fully saturated rings. The molecule has 0 saturated heterocycles. The molecule has 1 aromatic carbocycles. The second kappa shape index (κ2) is 6.08. The van der Waals surface area contributed by atoms with Gasteiger partial charge in [-0.15, -0.1) is 11.6 Å². The van der Waals surface area contributed by atoms with E-state index >= 15 is 0 Å². The zero-order chi connectivity index (χ0) is 16.7. The molecule has 0 bridgehead atoms. The van der Waals surface area contributed by atoms with E-state index < -0.39 is 12.0 Å². The van der Waals surface area contributed by atoms with E-state index in [2.05, 4.69) is 22.0 Å². The number of aromatic nitrogens is 1. The topological polar surface area (TPSA) is 56.3 Å². The van der Waals surface area contributed by atoms with Crippen LogP contribution in [0.3, 0.4) is 0 Å². The number of halogens is 1. The van der Waals surface area contributed by atoms with Crippen LogP contribution in [0.1, 0.15) is 43.4 Å². The van der Waals surface area contributed by atoms with Crippen LogP contribution in [0.4, 0.5) is 0 Å². The quantitative estimate of drug-likeness (QED) is 0.829. The number of nitrogens with zero attached hydrogens (tertiary/aromatic N) is 1. The van der Waals surface area contributed by atoms with E-state index in [1.54, 1.807) is 0 Å². The number of carboxylic acids is 1. The summed E-state index contributed by atoms with van der Waals surface area (Å²) < 4.78 is 0. The summed E-state index contributed by atoms with van der Waals surface area (Å²) in [6.45, 7) is 0.618. The highest BCUT2D eigenvalue weighted by Gasteiger charge is 2.50. The Morgan fingerprint density at radius 1 is 1.29 bits per heavy atom. The molecule has 24 heavy (non-hydrogen) atoms. The van der Waals surface area contributed by atoms with E-state index in [4.69, 9.17) is 11.6 Å². The molecule has 1 spiro atoms. The number of aromatic amines is 1. The van der Waals surface area contributed by atoms with Gasteiger partial charge in [-0.25, -0.2) is 0 Å². The fourth-order valence-corrected chi connectivity index (χ4v) is 5.09. The van der Waals surface area contributed by atoms with Crippen LogP contribution in [0, 0.1) is 0 Å². The summed E-state index contributed by atoms with van der Waals surface area (Å²) in [5, 5.41) is 11.1. The van der Waals surface area contributed by atoms with Gasteiger partial charge in [-0.05, 0) is 24.5 Å². The third-order valence-electron chi connectivity index (χ3n) is 5.89. The molecular weight excluding hydrogens is 324 g/mol. The maximum atomic E-state index is 12.0. The normalized spacial score (nSPS) is 23.5. The van der Waals surface area contributed by atoms with E-state index in [9.17, 15) is 9.90 Å². The first-order valence-electron chi connectivity index (χ1n) is 8.83. The third kappa shape index (κ3) is 2.27. The summed E-state index contributed by atoms with van der Waals surface area (Å²) in [5.74, 6) is -0.276. The molecule has 2 aliphatic rings. The Morgan fingerprint density at radius 2 is 2.04 bits per heavy atom. The molecule has 5 heteroatoms. The van der Waals surface area contributed by atoms with Gasteiger partial charge in [-0.3, -0.25) is 9.69 Å². The van der Waals surface area contributed by atoms with Crippen molar-refractivity contribution in [3.63, 3.8) is 0 Å². The van der Waals surface area contributed by atoms with Gasteiger partial charge in [-0.1, -0.05) is 37.5 Å². The SMILES string of the molecule is O=C(O)C1Cc2c([nH]c3ccccc23)C2(CCCCC2)N1CCCl.